The van der Waals surface area contributed by atoms with Crippen LogP contribution in [0.4, 0.5) is 5.69 Å². The van der Waals surface area contributed by atoms with Gasteiger partial charge in [-0.15, -0.1) is 0 Å². The van der Waals surface area contributed by atoms with Crippen LogP contribution in [0.15, 0.2) is 58.3 Å². The zero-order valence-corrected chi connectivity index (χ0v) is 20.9. The normalized spacial score (nSPS) is 14.6. The van der Waals surface area contributed by atoms with Gasteiger partial charge in [-0.25, -0.2) is 0 Å². The topological polar surface area (TPSA) is 61.4 Å². The van der Waals surface area contributed by atoms with E-state index in [0.717, 1.165) is 36.5 Å². The third-order valence-corrected chi connectivity index (χ3v) is 6.31. The zero-order valence-electron chi connectivity index (χ0n) is 20.1. The maximum atomic E-state index is 12.7. The van der Waals surface area contributed by atoms with Crippen LogP contribution in [0.2, 0.25) is 0 Å². The molecule has 0 saturated heterocycles. The molecular formula is C27H35N3O2S. The second-order valence-electron chi connectivity index (χ2n) is 9.34. The molecule has 0 spiro atoms. The van der Waals surface area contributed by atoms with E-state index in [1.807, 2.05) is 48.5 Å². The van der Waals surface area contributed by atoms with Crippen LogP contribution in [-0.4, -0.2) is 42.9 Å². The number of nitrogens with zero attached hydrogens (tertiary/aromatic N) is 1. The molecule has 176 valence electrons. The summed E-state index contributed by atoms with van der Waals surface area (Å²) in [5.74, 6) is 1.00. The number of thioether (sulfide) groups is 1. The molecule has 0 unspecified atom stereocenters. The van der Waals surface area contributed by atoms with E-state index in [0.29, 0.717) is 34.5 Å². The van der Waals surface area contributed by atoms with Crippen molar-refractivity contribution in [3.05, 3.63) is 64.6 Å². The second kappa shape index (κ2) is 12.1. The lowest BCUT2D eigenvalue weighted by Gasteiger charge is -2.26. The van der Waals surface area contributed by atoms with Crippen LogP contribution in [-0.2, 0) is 4.79 Å². The second-order valence-corrected chi connectivity index (χ2v) is 10.4. The number of anilines is 1. The minimum Gasteiger partial charge on any atom is -0.352 e. The molecule has 6 heteroatoms. The molecule has 0 saturated carbocycles. The Kier molecular flexibility index (Phi) is 9.15. The number of hydrogen-bond acceptors (Lipinski definition) is 4. The third kappa shape index (κ3) is 7.76. The summed E-state index contributed by atoms with van der Waals surface area (Å²) in [4.78, 5) is 29.3. The number of benzene rings is 2. The van der Waals surface area contributed by atoms with E-state index in [2.05, 4.69) is 43.2 Å². The summed E-state index contributed by atoms with van der Waals surface area (Å²) in [5, 5.41) is 5.95. The minimum absolute atomic E-state index is 0.109. The lowest BCUT2D eigenvalue weighted by Crippen LogP contribution is -2.34. The highest BCUT2D eigenvalue weighted by molar-refractivity contribution is 8.04. The number of amides is 2. The Morgan fingerprint density at radius 3 is 2.42 bits per heavy atom. The summed E-state index contributed by atoms with van der Waals surface area (Å²) in [7, 11) is 0. The van der Waals surface area contributed by atoms with Crippen molar-refractivity contribution < 1.29 is 9.59 Å². The molecule has 5 nitrogen and oxygen atoms in total. The molecule has 2 amide bonds. The molecule has 2 aromatic carbocycles. The average molecular weight is 466 g/mol. The fourth-order valence-corrected chi connectivity index (χ4v) is 4.83. The molecule has 1 heterocycles. The number of nitrogens with one attached hydrogen (secondary N) is 2. The smallest absolute Gasteiger partial charge is 0.262 e. The summed E-state index contributed by atoms with van der Waals surface area (Å²) >= 11 is 1.43. The first-order valence-electron chi connectivity index (χ1n) is 11.7. The molecule has 0 fully saturated rings. The summed E-state index contributed by atoms with van der Waals surface area (Å²) < 4.78 is 0. The van der Waals surface area contributed by atoms with Gasteiger partial charge in [0.15, 0.2) is 0 Å². The number of carbonyl (C=O) groups excluding carboxylic acids is 2. The fourth-order valence-electron chi connectivity index (χ4n) is 3.90. The van der Waals surface area contributed by atoms with Crippen molar-refractivity contribution in [3.8, 4) is 0 Å². The highest BCUT2D eigenvalue weighted by Gasteiger charge is 2.22. The van der Waals surface area contributed by atoms with Crippen molar-refractivity contribution in [1.29, 1.82) is 0 Å². The lowest BCUT2D eigenvalue weighted by atomic mass is 10.1. The molecule has 2 N–H and O–H groups in total. The van der Waals surface area contributed by atoms with Crippen molar-refractivity contribution in [3.63, 3.8) is 0 Å². The standard InChI is InChI=1S/C27H35N3O2S/c1-19(2)17-30(18-20(3)4)14-8-13-28-26(31)22-11-12-24-23(16-22)29-27(32)25(33-24)15-21-9-6-5-7-10-21/h5-7,9-12,15-16,19-20H,8,13-14,17-18H2,1-4H3,(H,28,31)(H,29,32). The first-order valence-corrected chi connectivity index (χ1v) is 12.5. The average Bonchev–Trinajstić information content (AvgIpc) is 2.76. The third-order valence-electron chi connectivity index (χ3n) is 5.21. The molecule has 0 aliphatic carbocycles. The molecule has 1 aliphatic heterocycles. The molecule has 0 atom stereocenters. The van der Waals surface area contributed by atoms with E-state index < -0.39 is 0 Å². The highest BCUT2D eigenvalue weighted by Crippen LogP contribution is 2.39. The quantitative estimate of drug-likeness (QED) is 0.359. The van der Waals surface area contributed by atoms with E-state index in [-0.39, 0.29) is 11.8 Å². The summed E-state index contributed by atoms with van der Waals surface area (Å²) in [5.41, 5.74) is 2.23. The van der Waals surface area contributed by atoms with E-state index >= 15 is 0 Å². The maximum Gasteiger partial charge on any atom is 0.262 e. The molecule has 0 aromatic heterocycles. The Labute approximate surface area is 202 Å². The van der Waals surface area contributed by atoms with Gasteiger partial charge in [-0.2, -0.15) is 0 Å². The van der Waals surface area contributed by atoms with Gasteiger partial charge in [-0.3, -0.25) is 9.59 Å². The highest BCUT2D eigenvalue weighted by atomic mass is 32.2. The van der Waals surface area contributed by atoms with E-state index in [1.165, 1.54) is 11.8 Å². The van der Waals surface area contributed by atoms with Gasteiger partial charge in [0.25, 0.3) is 11.8 Å². The van der Waals surface area contributed by atoms with Gasteiger partial charge >= 0.3 is 0 Å². The monoisotopic (exact) mass is 465 g/mol. The molecule has 1 aliphatic rings. The minimum atomic E-state index is -0.149. The van der Waals surface area contributed by atoms with Gasteiger partial charge in [-0.1, -0.05) is 69.8 Å². The summed E-state index contributed by atoms with van der Waals surface area (Å²) in [6, 6.07) is 15.3. The van der Waals surface area contributed by atoms with Gasteiger partial charge < -0.3 is 15.5 Å². The van der Waals surface area contributed by atoms with Crippen LogP contribution in [0.5, 0.6) is 0 Å². The summed E-state index contributed by atoms with van der Waals surface area (Å²) in [6.45, 7) is 12.7. The predicted octanol–water partition coefficient (Wildman–Crippen LogP) is 5.51. The van der Waals surface area contributed by atoms with Crippen LogP contribution in [0.25, 0.3) is 6.08 Å². The van der Waals surface area contributed by atoms with Crippen molar-refractivity contribution in [1.82, 2.24) is 10.2 Å². The Balaban J connectivity index is 1.55. The Morgan fingerprint density at radius 2 is 1.76 bits per heavy atom. The molecule has 3 rings (SSSR count). The number of carbonyl (C=O) groups is 2. The molecule has 2 aromatic rings. The van der Waals surface area contributed by atoms with Crippen molar-refractivity contribution in [2.24, 2.45) is 11.8 Å². The van der Waals surface area contributed by atoms with E-state index in [9.17, 15) is 9.59 Å². The Bertz CT molecular complexity index is 976. The van der Waals surface area contributed by atoms with Crippen LogP contribution < -0.4 is 10.6 Å². The molecule has 0 radical (unpaired) electrons. The number of fused-ring (bicyclic) bond motifs is 1. The van der Waals surface area contributed by atoms with Crippen molar-refractivity contribution >= 4 is 35.3 Å². The van der Waals surface area contributed by atoms with Gasteiger partial charge in [0.05, 0.1) is 10.6 Å². The van der Waals surface area contributed by atoms with Crippen molar-refractivity contribution in [2.45, 2.75) is 39.0 Å². The van der Waals surface area contributed by atoms with Gasteiger partial charge in [-0.05, 0) is 54.6 Å². The Morgan fingerprint density at radius 1 is 1.06 bits per heavy atom. The SMILES string of the molecule is CC(C)CN(CCCNC(=O)c1ccc2c(c1)NC(=O)C(=Cc1ccccc1)S2)CC(C)C. The van der Waals surface area contributed by atoms with E-state index in [1.54, 1.807) is 6.07 Å². The largest absolute Gasteiger partial charge is 0.352 e. The molecule has 33 heavy (non-hydrogen) atoms. The fraction of sp³-hybridized carbons (Fsp3) is 0.407. The van der Waals surface area contributed by atoms with Crippen LogP contribution in [0, 0.1) is 11.8 Å². The van der Waals surface area contributed by atoms with Crippen LogP contribution in [0.3, 0.4) is 0 Å². The summed E-state index contributed by atoms with van der Waals surface area (Å²) in [6.07, 6.45) is 2.79. The van der Waals surface area contributed by atoms with Gasteiger partial charge in [0.2, 0.25) is 0 Å². The molecule has 0 bridgehead atoms. The van der Waals surface area contributed by atoms with Crippen molar-refractivity contribution in [2.75, 3.05) is 31.5 Å². The maximum absolute atomic E-state index is 12.7. The number of rotatable bonds is 10. The van der Waals surface area contributed by atoms with Crippen LogP contribution in [0.1, 0.15) is 50.0 Å². The Hall–Kier alpha value is -2.57. The first-order chi connectivity index (χ1) is 15.8. The predicted molar refractivity (Wildman–Crippen MR) is 138 cm³/mol. The number of hydrogen-bond donors (Lipinski definition) is 2. The first kappa shape index (κ1) is 25.1. The molecular weight excluding hydrogens is 430 g/mol. The lowest BCUT2D eigenvalue weighted by molar-refractivity contribution is -0.112. The van der Waals surface area contributed by atoms with Gasteiger partial charge in [0, 0.05) is 30.1 Å². The van der Waals surface area contributed by atoms with Gasteiger partial charge in [0.1, 0.15) is 0 Å². The van der Waals surface area contributed by atoms with E-state index in [4.69, 9.17) is 0 Å². The van der Waals surface area contributed by atoms with Crippen LogP contribution >= 0.6 is 11.8 Å². The zero-order chi connectivity index (χ0) is 23.8.